The fraction of sp³-hybridized carbons (Fsp3) is 0.214. The molecule has 8 nitrogen and oxygen atoms in total. The van der Waals surface area contributed by atoms with Gasteiger partial charge in [0, 0.05) is 59.9 Å². The first kappa shape index (κ1) is 26.1. The van der Waals surface area contributed by atoms with E-state index in [9.17, 15) is 18.0 Å². The molecule has 0 saturated carbocycles. The molecule has 0 radical (unpaired) electrons. The van der Waals surface area contributed by atoms with Crippen LogP contribution in [0.1, 0.15) is 21.5 Å². The highest BCUT2D eigenvalue weighted by Crippen LogP contribution is 2.35. The maximum absolute atomic E-state index is 13.6. The van der Waals surface area contributed by atoms with Crippen LogP contribution in [0, 0.1) is 6.92 Å². The summed E-state index contributed by atoms with van der Waals surface area (Å²) in [6.45, 7) is 3.63. The van der Waals surface area contributed by atoms with E-state index in [-0.39, 0.29) is 11.3 Å². The van der Waals surface area contributed by atoms with Crippen LogP contribution < -0.4 is 15.5 Å². The van der Waals surface area contributed by atoms with Crippen molar-refractivity contribution in [2.24, 2.45) is 0 Å². The fourth-order valence-corrected chi connectivity index (χ4v) is 4.17. The van der Waals surface area contributed by atoms with Crippen molar-refractivity contribution in [3.8, 4) is 11.3 Å². The molecular weight excluding hydrogens is 509 g/mol. The van der Waals surface area contributed by atoms with Crippen LogP contribution in [0.2, 0.25) is 0 Å². The first-order chi connectivity index (χ1) is 18.8. The lowest BCUT2D eigenvalue weighted by Gasteiger charge is -2.29. The molecule has 5 rings (SSSR count). The number of hydrogen-bond donors (Lipinski definition) is 2. The van der Waals surface area contributed by atoms with Crippen molar-refractivity contribution >= 4 is 28.9 Å². The van der Waals surface area contributed by atoms with E-state index < -0.39 is 17.6 Å². The first-order valence-corrected chi connectivity index (χ1v) is 12.2. The molecular formula is C28H25F3N6O2. The number of aromatic nitrogens is 3. The SMILES string of the molecule is Cc1ccc(C(=O)Nc2cc(N3CCOCC3)cc(C(F)(F)F)c2)cc1Nc1nccc(-c2cccnc2)n1. The van der Waals surface area contributed by atoms with E-state index in [2.05, 4.69) is 25.6 Å². The summed E-state index contributed by atoms with van der Waals surface area (Å²) in [6, 6.07) is 14.0. The second kappa shape index (κ2) is 11.1. The monoisotopic (exact) mass is 534 g/mol. The lowest BCUT2D eigenvalue weighted by atomic mass is 10.1. The van der Waals surface area contributed by atoms with E-state index in [1.165, 1.54) is 0 Å². The number of nitrogens with zero attached hydrogens (tertiary/aromatic N) is 4. The average molecular weight is 535 g/mol. The van der Waals surface area contributed by atoms with Gasteiger partial charge in [-0.25, -0.2) is 9.97 Å². The quantitative estimate of drug-likeness (QED) is 0.328. The smallest absolute Gasteiger partial charge is 0.378 e. The highest BCUT2D eigenvalue weighted by Gasteiger charge is 2.32. The highest BCUT2D eigenvalue weighted by atomic mass is 19.4. The molecule has 1 amide bonds. The van der Waals surface area contributed by atoms with Gasteiger partial charge in [0.15, 0.2) is 0 Å². The summed E-state index contributed by atoms with van der Waals surface area (Å²) in [4.78, 5) is 27.8. The lowest BCUT2D eigenvalue weighted by molar-refractivity contribution is -0.137. The van der Waals surface area contributed by atoms with Gasteiger partial charge >= 0.3 is 6.18 Å². The van der Waals surface area contributed by atoms with Gasteiger partial charge < -0.3 is 20.3 Å². The molecule has 4 aromatic rings. The predicted molar refractivity (Wildman–Crippen MR) is 142 cm³/mol. The molecule has 39 heavy (non-hydrogen) atoms. The molecule has 3 heterocycles. The van der Waals surface area contributed by atoms with Gasteiger partial charge in [-0.15, -0.1) is 0 Å². The lowest BCUT2D eigenvalue weighted by Crippen LogP contribution is -2.36. The third-order valence-electron chi connectivity index (χ3n) is 6.24. The molecule has 0 atom stereocenters. The number of aryl methyl sites for hydroxylation is 1. The number of morpholine rings is 1. The molecule has 2 N–H and O–H groups in total. The summed E-state index contributed by atoms with van der Waals surface area (Å²) in [5, 5.41) is 5.76. The van der Waals surface area contributed by atoms with Gasteiger partial charge in [-0.3, -0.25) is 9.78 Å². The summed E-state index contributed by atoms with van der Waals surface area (Å²) >= 11 is 0. The fourth-order valence-electron chi connectivity index (χ4n) is 4.17. The molecule has 2 aromatic carbocycles. The van der Waals surface area contributed by atoms with Crippen LogP contribution in [0.3, 0.4) is 0 Å². The van der Waals surface area contributed by atoms with E-state index in [1.807, 2.05) is 24.0 Å². The Kier molecular flexibility index (Phi) is 7.42. The number of nitrogens with one attached hydrogen (secondary N) is 2. The number of hydrogen-bond acceptors (Lipinski definition) is 7. The Balaban J connectivity index is 1.38. The largest absolute Gasteiger partial charge is 0.416 e. The zero-order chi connectivity index (χ0) is 27.4. The molecule has 2 aromatic heterocycles. The normalized spacial score (nSPS) is 13.7. The van der Waals surface area contributed by atoms with E-state index in [4.69, 9.17) is 4.74 Å². The van der Waals surface area contributed by atoms with Crippen LogP contribution in [0.25, 0.3) is 11.3 Å². The minimum atomic E-state index is -4.56. The van der Waals surface area contributed by atoms with Crippen molar-refractivity contribution < 1.29 is 22.7 Å². The summed E-state index contributed by atoms with van der Waals surface area (Å²) in [6.07, 6.45) is 0.420. The van der Waals surface area contributed by atoms with Crippen LogP contribution in [-0.2, 0) is 10.9 Å². The minimum absolute atomic E-state index is 0.0545. The van der Waals surface area contributed by atoms with Crippen molar-refractivity contribution in [3.05, 3.63) is 89.9 Å². The molecule has 1 aliphatic heterocycles. The summed E-state index contributed by atoms with van der Waals surface area (Å²) in [5.74, 6) is -0.222. The molecule has 0 spiro atoms. The number of amides is 1. The molecule has 200 valence electrons. The number of pyridine rings is 1. The zero-order valence-electron chi connectivity index (χ0n) is 21.0. The number of anilines is 4. The van der Waals surface area contributed by atoms with Crippen LogP contribution in [0.15, 0.2) is 73.2 Å². The van der Waals surface area contributed by atoms with Crippen molar-refractivity contribution in [2.75, 3.05) is 41.8 Å². The minimum Gasteiger partial charge on any atom is -0.378 e. The molecule has 11 heteroatoms. The molecule has 0 bridgehead atoms. The first-order valence-electron chi connectivity index (χ1n) is 12.2. The van der Waals surface area contributed by atoms with Crippen LogP contribution >= 0.6 is 0 Å². The third-order valence-corrected chi connectivity index (χ3v) is 6.24. The summed E-state index contributed by atoms with van der Waals surface area (Å²) in [5.41, 5.74) is 2.77. The van der Waals surface area contributed by atoms with Gasteiger partial charge in [-0.1, -0.05) is 6.07 Å². The molecule has 1 saturated heterocycles. The van der Waals surface area contributed by atoms with E-state index in [0.717, 1.165) is 23.3 Å². The van der Waals surface area contributed by atoms with Gasteiger partial charge in [0.25, 0.3) is 5.91 Å². The molecule has 0 unspecified atom stereocenters. The number of carbonyl (C=O) groups is 1. The van der Waals surface area contributed by atoms with Gasteiger partial charge in [-0.05, 0) is 61.0 Å². The van der Waals surface area contributed by atoms with E-state index in [1.54, 1.807) is 48.9 Å². The Morgan fingerprint density at radius 2 is 1.85 bits per heavy atom. The predicted octanol–water partition coefficient (Wildman–Crippen LogP) is 5.70. The van der Waals surface area contributed by atoms with Gasteiger partial charge in [0.05, 0.1) is 24.5 Å². The van der Waals surface area contributed by atoms with Crippen molar-refractivity contribution in [1.82, 2.24) is 15.0 Å². The third kappa shape index (κ3) is 6.32. The van der Waals surface area contributed by atoms with Crippen molar-refractivity contribution in [2.45, 2.75) is 13.1 Å². The van der Waals surface area contributed by atoms with E-state index >= 15 is 0 Å². The van der Waals surface area contributed by atoms with Crippen LogP contribution in [-0.4, -0.2) is 47.2 Å². The Morgan fingerprint density at radius 1 is 1.03 bits per heavy atom. The van der Waals surface area contributed by atoms with Gasteiger partial charge in [0.2, 0.25) is 5.95 Å². The Bertz CT molecular complexity index is 1470. The maximum atomic E-state index is 13.6. The second-order valence-electron chi connectivity index (χ2n) is 8.98. The zero-order valence-corrected chi connectivity index (χ0v) is 21.0. The topological polar surface area (TPSA) is 92.3 Å². The number of ether oxygens (including phenoxy) is 1. The van der Waals surface area contributed by atoms with Gasteiger partial charge in [0.1, 0.15) is 0 Å². The number of rotatable bonds is 6. The van der Waals surface area contributed by atoms with Crippen molar-refractivity contribution in [1.29, 1.82) is 0 Å². The van der Waals surface area contributed by atoms with Gasteiger partial charge in [-0.2, -0.15) is 13.2 Å². The van der Waals surface area contributed by atoms with Crippen LogP contribution in [0.4, 0.5) is 36.2 Å². The number of halogens is 3. The van der Waals surface area contributed by atoms with Crippen LogP contribution in [0.5, 0.6) is 0 Å². The Labute approximate surface area is 222 Å². The maximum Gasteiger partial charge on any atom is 0.416 e. The van der Waals surface area contributed by atoms with E-state index in [0.29, 0.717) is 49.3 Å². The summed E-state index contributed by atoms with van der Waals surface area (Å²) < 4.78 is 46.2. The highest BCUT2D eigenvalue weighted by molar-refractivity contribution is 6.05. The standard InChI is InChI=1S/C28H25F3N6O2/c1-18-4-5-19(13-25(18)36-27-33-8-6-24(35-27)20-3-2-7-32-17-20)26(38)34-22-14-21(28(29,30)31)15-23(16-22)37-9-11-39-12-10-37/h2-8,13-17H,9-12H2,1H3,(H,34,38)(H,33,35,36). The Hall–Kier alpha value is -4.51. The van der Waals surface area contributed by atoms with Crippen molar-refractivity contribution in [3.63, 3.8) is 0 Å². The molecule has 0 aliphatic carbocycles. The molecule has 1 fully saturated rings. The number of alkyl halides is 3. The number of benzene rings is 2. The Morgan fingerprint density at radius 3 is 2.59 bits per heavy atom. The second-order valence-corrected chi connectivity index (χ2v) is 8.98. The summed E-state index contributed by atoms with van der Waals surface area (Å²) in [7, 11) is 0. The number of carbonyl (C=O) groups excluding carboxylic acids is 1. The molecule has 1 aliphatic rings. The average Bonchev–Trinajstić information content (AvgIpc) is 2.94.